The average Bonchev–Trinajstić information content (AvgIpc) is 2.31. The summed E-state index contributed by atoms with van der Waals surface area (Å²) in [6, 6.07) is 6.26. The fourth-order valence-corrected chi connectivity index (χ4v) is 1.44. The van der Waals surface area contributed by atoms with Crippen LogP contribution in [0.25, 0.3) is 11.0 Å². The molecule has 1 aromatic carbocycles. The molecule has 0 aliphatic heterocycles. The van der Waals surface area contributed by atoms with Crippen LogP contribution in [-0.2, 0) is 0 Å². The molecule has 0 bridgehead atoms. The van der Waals surface area contributed by atoms with E-state index in [-0.39, 0.29) is 6.61 Å². The Morgan fingerprint density at radius 2 is 2.12 bits per heavy atom. The number of benzene rings is 1. The van der Waals surface area contributed by atoms with E-state index in [1.54, 1.807) is 18.2 Å². The molecule has 1 aromatic heterocycles. The Morgan fingerprint density at radius 3 is 2.88 bits per heavy atom. The van der Waals surface area contributed by atoms with E-state index < -0.39 is 11.4 Å². The van der Waals surface area contributed by atoms with Gasteiger partial charge in [-0.2, -0.15) is 0 Å². The highest BCUT2D eigenvalue weighted by Gasteiger charge is 2.04. The van der Waals surface area contributed by atoms with Crippen LogP contribution in [0.5, 0.6) is 11.5 Å². The number of hydrogen-bond acceptors (Lipinski definition) is 5. The molecule has 2 aromatic rings. The van der Waals surface area contributed by atoms with E-state index in [4.69, 9.17) is 14.3 Å². The Hall–Kier alpha value is -2.01. The number of aromatic hydroxyl groups is 1. The van der Waals surface area contributed by atoms with Crippen molar-refractivity contribution in [1.29, 1.82) is 0 Å². The number of aliphatic hydroxyl groups is 1. The van der Waals surface area contributed by atoms with Gasteiger partial charge in [0.2, 0.25) is 5.75 Å². The molecule has 0 unspecified atom stereocenters. The quantitative estimate of drug-likeness (QED) is 0.617. The van der Waals surface area contributed by atoms with E-state index in [1.165, 1.54) is 6.07 Å². The lowest BCUT2D eigenvalue weighted by atomic mass is 10.2. The summed E-state index contributed by atoms with van der Waals surface area (Å²) >= 11 is 0. The van der Waals surface area contributed by atoms with Crippen LogP contribution in [0.1, 0.15) is 6.42 Å². The monoisotopic (exact) mass is 236 g/mol. The van der Waals surface area contributed by atoms with Crippen molar-refractivity contribution in [2.24, 2.45) is 0 Å². The normalized spacial score (nSPS) is 10.6. The van der Waals surface area contributed by atoms with Gasteiger partial charge in [-0.15, -0.1) is 0 Å². The van der Waals surface area contributed by atoms with Gasteiger partial charge in [0, 0.05) is 18.4 Å². The van der Waals surface area contributed by atoms with E-state index in [9.17, 15) is 9.90 Å². The fourth-order valence-electron chi connectivity index (χ4n) is 1.44. The Balaban J connectivity index is 2.30. The van der Waals surface area contributed by atoms with Crippen LogP contribution < -0.4 is 10.4 Å². The molecule has 1 heterocycles. The topological polar surface area (TPSA) is 79.9 Å². The second-order valence-corrected chi connectivity index (χ2v) is 3.54. The van der Waals surface area contributed by atoms with Crippen molar-refractivity contribution < 1.29 is 19.4 Å². The standard InChI is InChI=1S/C12H12O5/c13-4-1-5-16-9-2-3-11-8(6-9)7-10(14)12(15)17-11/h2-3,6-7,13-14H,1,4-5H2. The third kappa shape index (κ3) is 2.57. The zero-order valence-electron chi connectivity index (χ0n) is 9.05. The van der Waals surface area contributed by atoms with Crippen molar-refractivity contribution in [3.8, 4) is 11.5 Å². The van der Waals surface area contributed by atoms with Gasteiger partial charge >= 0.3 is 5.63 Å². The molecule has 0 radical (unpaired) electrons. The van der Waals surface area contributed by atoms with Gasteiger partial charge in [0.1, 0.15) is 11.3 Å². The third-order valence-electron chi connectivity index (χ3n) is 2.26. The number of aliphatic hydroxyl groups excluding tert-OH is 1. The number of rotatable bonds is 4. The summed E-state index contributed by atoms with van der Waals surface area (Å²) < 4.78 is 10.2. The van der Waals surface area contributed by atoms with Gasteiger partial charge in [0.05, 0.1) is 6.61 Å². The molecule has 2 N–H and O–H groups in total. The molecule has 17 heavy (non-hydrogen) atoms. The molecule has 2 rings (SSSR count). The molecule has 5 heteroatoms. The molecule has 0 saturated carbocycles. The summed E-state index contributed by atoms with van der Waals surface area (Å²) in [5.41, 5.74) is -0.367. The Labute approximate surface area is 96.9 Å². The summed E-state index contributed by atoms with van der Waals surface area (Å²) in [6.45, 7) is 0.480. The van der Waals surface area contributed by atoms with Gasteiger partial charge in [-0.1, -0.05) is 0 Å². The lowest BCUT2D eigenvalue weighted by Crippen LogP contribution is -2.00. The van der Waals surface area contributed by atoms with Crippen LogP contribution in [0.15, 0.2) is 33.5 Å². The maximum atomic E-state index is 11.1. The molecule has 0 aliphatic carbocycles. The van der Waals surface area contributed by atoms with Crippen LogP contribution >= 0.6 is 0 Å². The van der Waals surface area contributed by atoms with Gasteiger partial charge < -0.3 is 19.4 Å². The third-order valence-corrected chi connectivity index (χ3v) is 2.26. The molecule has 5 nitrogen and oxygen atoms in total. The predicted octanol–water partition coefficient (Wildman–Crippen LogP) is 1.26. The molecule has 0 atom stereocenters. The molecule has 0 saturated heterocycles. The van der Waals surface area contributed by atoms with Crippen LogP contribution in [-0.4, -0.2) is 23.4 Å². The Morgan fingerprint density at radius 1 is 1.29 bits per heavy atom. The van der Waals surface area contributed by atoms with Gasteiger partial charge in [-0.25, -0.2) is 4.79 Å². The Kier molecular flexibility index (Phi) is 3.30. The summed E-state index contributed by atoms with van der Waals surface area (Å²) in [6.07, 6.45) is 0.549. The first-order valence-electron chi connectivity index (χ1n) is 5.21. The molecular formula is C12H12O5. The summed E-state index contributed by atoms with van der Waals surface area (Å²) in [5, 5.41) is 18.4. The van der Waals surface area contributed by atoms with E-state index in [2.05, 4.69) is 0 Å². The van der Waals surface area contributed by atoms with Crippen LogP contribution in [0.2, 0.25) is 0 Å². The molecular weight excluding hydrogens is 224 g/mol. The lowest BCUT2D eigenvalue weighted by molar-refractivity contribution is 0.233. The SMILES string of the molecule is O=c1oc2ccc(OCCCO)cc2cc1O. The highest BCUT2D eigenvalue weighted by atomic mass is 16.5. The highest BCUT2D eigenvalue weighted by Crippen LogP contribution is 2.22. The van der Waals surface area contributed by atoms with Crippen molar-refractivity contribution >= 4 is 11.0 Å². The second-order valence-electron chi connectivity index (χ2n) is 3.54. The molecule has 0 spiro atoms. The second kappa shape index (κ2) is 4.88. The smallest absolute Gasteiger partial charge is 0.378 e. The van der Waals surface area contributed by atoms with Crippen LogP contribution in [0.4, 0.5) is 0 Å². The number of hydrogen-bond donors (Lipinski definition) is 2. The minimum atomic E-state index is -0.758. The first kappa shape index (κ1) is 11.5. The van der Waals surface area contributed by atoms with E-state index >= 15 is 0 Å². The predicted molar refractivity (Wildman–Crippen MR) is 61.3 cm³/mol. The highest BCUT2D eigenvalue weighted by molar-refractivity contribution is 5.79. The molecule has 90 valence electrons. The summed E-state index contributed by atoms with van der Waals surface area (Å²) in [4.78, 5) is 11.1. The van der Waals surface area contributed by atoms with Crippen molar-refractivity contribution in [2.45, 2.75) is 6.42 Å². The summed E-state index contributed by atoms with van der Waals surface area (Å²) in [7, 11) is 0. The van der Waals surface area contributed by atoms with Crippen LogP contribution in [0.3, 0.4) is 0 Å². The first-order valence-corrected chi connectivity index (χ1v) is 5.21. The van der Waals surface area contributed by atoms with Gasteiger partial charge in [0.25, 0.3) is 0 Å². The lowest BCUT2D eigenvalue weighted by Gasteiger charge is -2.05. The van der Waals surface area contributed by atoms with Crippen molar-refractivity contribution in [2.75, 3.05) is 13.2 Å². The minimum Gasteiger partial charge on any atom is -0.502 e. The molecule has 0 aliphatic rings. The van der Waals surface area contributed by atoms with Crippen molar-refractivity contribution in [3.63, 3.8) is 0 Å². The Bertz CT molecular complexity index is 573. The van der Waals surface area contributed by atoms with E-state index in [0.29, 0.717) is 29.7 Å². The maximum Gasteiger partial charge on any atom is 0.378 e. The number of ether oxygens (including phenoxy) is 1. The van der Waals surface area contributed by atoms with Gasteiger partial charge in [0.15, 0.2) is 0 Å². The van der Waals surface area contributed by atoms with Crippen LogP contribution in [0, 0.1) is 0 Å². The number of fused-ring (bicyclic) bond motifs is 1. The fraction of sp³-hybridized carbons (Fsp3) is 0.250. The molecule has 0 fully saturated rings. The zero-order valence-corrected chi connectivity index (χ0v) is 9.05. The molecule has 0 amide bonds. The first-order chi connectivity index (χ1) is 8.20. The van der Waals surface area contributed by atoms with E-state index in [1.807, 2.05) is 0 Å². The average molecular weight is 236 g/mol. The van der Waals surface area contributed by atoms with Gasteiger partial charge in [-0.3, -0.25) is 0 Å². The minimum absolute atomic E-state index is 0.0727. The largest absolute Gasteiger partial charge is 0.502 e. The van der Waals surface area contributed by atoms with Crippen molar-refractivity contribution in [1.82, 2.24) is 0 Å². The van der Waals surface area contributed by atoms with Crippen molar-refractivity contribution in [3.05, 3.63) is 34.7 Å². The van der Waals surface area contributed by atoms with E-state index in [0.717, 1.165) is 0 Å². The maximum absolute atomic E-state index is 11.1. The summed E-state index contributed by atoms with van der Waals surface area (Å²) in [5.74, 6) is 0.171. The van der Waals surface area contributed by atoms with Gasteiger partial charge in [-0.05, 0) is 24.3 Å². The zero-order chi connectivity index (χ0) is 12.3.